The van der Waals surface area contributed by atoms with E-state index in [-0.39, 0.29) is 4.90 Å². The van der Waals surface area contributed by atoms with Crippen molar-refractivity contribution in [2.75, 3.05) is 11.1 Å². The molecule has 2 rings (SSSR count). The molecule has 0 aromatic heterocycles. The second-order valence-corrected chi connectivity index (χ2v) is 6.91. The van der Waals surface area contributed by atoms with Gasteiger partial charge in [-0.15, -0.1) is 0 Å². The summed E-state index contributed by atoms with van der Waals surface area (Å²) >= 11 is 5.64. The summed E-state index contributed by atoms with van der Waals surface area (Å²) < 4.78 is 63.3. The lowest BCUT2D eigenvalue weighted by Crippen LogP contribution is -2.23. The molecule has 0 unspecified atom stereocenters. The van der Waals surface area contributed by atoms with Crippen LogP contribution in [0, 0.1) is 17.5 Å². The maximum absolute atomic E-state index is 13.4. The number of sulfone groups is 1. The summed E-state index contributed by atoms with van der Waals surface area (Å²) in [5.41, 5.74) is -0.653. The predicted molar refractivity (Wildman–Crippen MR) is 78.5 cm³/mol. The van der Waals surface area contributed by atoms with E-state index in [0.29, 0.717) is 11.1 Å². The number of hydrogen-bond acceptors (Lipinski definition) is 3. The van der Waals surface area contributed by atoms with Crippen LogP contribution in [-0.4, -0.2) is 20.1 Å². The number of amides is 1. The summed E-state index contributed by atoms with van der Waals surface area (Å²) in [6.45, 7) is 0. The van der Waals surface area contributed by atoms with Gasteiger partial charge in [0.15, 0.2) is 27.3 Å². The van der Waals surface area contributed by atoms with Gasteiger partial charge in [0.25, 0.3) is 0 Å². The van der Waals surface area contributed by atoms with E-state index in [1.165, 1.54) is 24.3 Å². The highest BCUT2D eigenvalue weighted by Crippen LogP contribution is 2.20. The van der Waals surface area contributed by atoms with Crippen molar-refractivity contribution in [3.05, 3.63) is 58.9 Å². The van der Waals surface area contributed by atoms with E-state index in [9.17, 15) is 26.4 Å². The molecule has 0 aliphatic rings. The first kappa shape index (κ1) is 17.3. The monoisotopic (exact) mass is 363 g/mol. The van der Waals surface area contributed by atoms with Gasteiger partial charge in [-0.25, -0.2) is 21.6 Å². The fraction of sp³-hybridized carbons (Fsp3) is 0.0714. The molecule has 2 aromatic rings. The molecule has 0 aliphatic heterocycles. The largest absolute Gasteiger partial charge is 0.323 e. The Balaban J connectivity index is 2.16. The topological polar surface area (TPSA) is 63.2 Å². The first-order chi connectivity index (χ1) is 10.7. The van der Waals surface area contributed by atoms with Gasteiger partial charge in [0.1, 0.15) is 5.75 Å². The second-order valence-electron chi connectivity index (χ2n) is 4.48. The van der Waals surface area contributed by atoms with Crippen LogP contribution in [0.5, 0.6) is 0 Å². The normalized spacial score (nSPS) is 11.3. The highest BCUT2D eigenvalue weighted by molar-refractivity contribution is 7.92. The Bertz CT molecular complexity index is 854. The van der Waals surface area contributed by atoms with Crippen molar-refractivity contribution in [1.82, 2.24) is 0 Å². The summed E-state index contributed by atoms with van der Waals surface area (Å²) in [6, 6.07) is 6.50. The average Bonchev–Trinajstić information content (AvgIpc) is 2.48. The van der Waals surface area contributed by atoms with Crippen LogP contribution in [0.3, 0.4) is 0 Å². The van der Waals surface area contributed by atoms with E-state index in [2.05, 4.69) is 0 Å². The minimum Gasteiger partial charge on any atom is -0.323 e. The molecule has 122 valence electrons. The van der Waals surface area contributed by atoms with Crippen LogP contribution in [-0.2, 0) is 14.6 Å². The highest BCUT2D eigenvalue weighted by atomic mass is 35.5. The van der Waals surface area contributed by atoms with E-state index in [4.69, 9.17) is 11.6 Å². The van der Waals surface area contributed by atoms with Gasteiger partial charge >= 0.3 is 0 Å². The number of carbonyl (C=O) groups excluding carboxylic acids is 1. The van der Waals surface area contributed by atoms with E-state index in [1.807, 2.05) is 5.32 Å². The van der Waals surface area contributed by atoms with Crippen LogP contribution >= 0.6 is 11.6 Å². The maximum Gasteiger partial charge on any atom is 0.240 e. The van der Waals surface area contributed by atoms with Crippen LogP contribution < -0.4 is 5.32 Å². The van der Waals surface area contributed by atoms with Crippen LogP contribution in [0.1, 0.15) is 0 Å². The fourth-order valence-electron chi connectivity index (χ4n) is 1.71. The van der Waals surface area contributed by atoms with Gasteiger partial charge in [-0.05, 0) is 36.4 Å². The van der Waals surface area contributed by atoms with Crippen LogP contribution in [0.2, 0.25) is 5.02 Å². The van der Waals surface area contributed by atoms with Crippen LogP contribution in [0.25, 0.3) is 0 Å². The molecule has 23 heavy (non-hydrogen) atoms. The lowest BCUT2D eigenvalue weighted by molar-refractivity contribution is -0.113. The third kappa shape index (κ3) is 4.02. The molecule has 0 aliphatic carbocycles. The molecule has 0 bridgehead atoms. The van der Waals surface area contributed by atoms with Gasteiger partial charge in [-0.1, -0.05) is 11.6 Å². The molecular weight excluding hydrogens is 355 g/mol. The molecule has 1 N–H and O–H groups in total. The zero-order valence-corrected chi connectivity index (χ0v) is 12.9. The SMILES string of the molecule is O=C(CS(=O)(=O)c1ccc(Cl)cc1)Nc1ccc(F)c(F)c1F. The van der Waals surface area contributed by atoms with E-state index in [1.54, 1.807) is 0 Å². The number of hydrogen-bond donors (Lipinski definition) is 1. The second kappa shape index (κ2) is 6.59. The lowest BCUT2D eigenvalue weighted by atomic mass is 10.3. The molecule has 0 saturated carbocycles. The van der Waals surface area contributed by atoms with Crippen molar-refractivity contribution in [3.8, 4) is 0 Å². The molecule has 0 radical (unpaired) electrons. The Labute approximate surface area is 134 Å². The first-order valence-electron chi connectivity index (χ1n) is 6.12. The number of carbonyl (C=O) groups is 1. The highest BCUT2D eigenvalue weighted by Gasteiger charge is 2.21. The molecule has 0 heterocycles. The van der Waals surface area contributed by atoms with Gasteiger partial charge in [-0.2, -0.15) is 0 Å². The summed E-state index contributed by atoms with van der Waals surface area (Å²) in [5.74, 6) is -6.88. The van der Waals surface area contributed by atoms with Gasteiger partial charge < -0.3 is 5.32 Å². The zero-order chi connectivity index (χ0) is 17.2. The van der Waals surface area contributed by atoms with Crippen molar-refractivity contribution in [2.24, 2.45) is 0 Å². The van der Waals surface area contributed by atoms with E-state index >= 15 is 0 Å². The molecule has 2 aromatic carbocycles. The summed E-state index contributed by atoms with van der Waals surface area (Å²) in [7, 11) is -3.99. The standard InChI is InChI=1S/C14H9ClF3NO3S/c15-8-1-3-9(4-2-8)23(21,22)7-12(20)19-11-6-5-10(16)13(17)14(11)18/h1-6H,7H2,(H,19,20). The molecule has 4 nitrogen and oxygen atoms in total. The summed E-state index contributed by atoms with van der Waals surface area (Å²) in [4.78, 5) is 11.6. The third-order valence-corrected chi connectivity index (χ3v) is 4.69. The number of halogens is 4. The minimum absolute atomic E-state index is 0.150. The molecule has 0 saturated heterocycles. The lowest BCUT2D eigenvalue weighted by Gasteiger charge is -2.08. The number of nitrogens with one attached hydrogen (secondary N) is 1. The van der Waals surface area contributed by atoms with E-state index in [0.717, 1.165) is 6.07 Å². The fourth-order valence-corrected chi connectivity index (χ4v) is 2.97. The molecular formula is C14H9ClF3NO3S. The summed E-state index contributed by atoms with van der Waals surface area (Å²) in [6.07, 6.45) is 0. The Hall–Kier alpha value is -2.06. The van der Waals surface area contributed by atoms with Gasteiger partial charge in [-0.3, -0.25) is 4.79 Å². The van der Waals surface area contributed by atoms with Crippen LogP contribution in [0.4, 0.5) is 18.9 Å². The quantitative estimate of drug-likeness (QED) is 0.849. The maximum atomic E-state index is 13.4. The Morgan fingerprint density at radius 3 is 2.22 bits per heavy atom. The minimum atomic E-state index is -3.99. The zero-order valence-electron chi connectivity index (χ0n) is 11.3. The van der Waals surface area contributed by atoms with Crippen molar-refractivity contribution in [2.45, 2.75) is 4.90 Å². The molecule has 1 amide bonds. The average molecular weight is 364 g/mol. The Kier molecular flexibility index (Phi) is 4.96. The smallest absolute Gasteiger partial charge is 0.240 e. The van der Waals surface area contributed by atoms with Crippen molar-refractivity contribution in [3.63, 3.8) is 0 Å². The van der Waals surface area contributed by atoms with Crippen LogP contribution in [0.15, 0.2) is 41.3 Å². The number of benzene rings is 2. The molecule has 0 fully saturated rings. The summed E-state index contributed by atoms with van der Waals surface area (Å²) in [5, 5.41) is 2.21. The van der Waals surface area contributed by atoms with Gasteiger partial charge in [0.2, 0.25) is 5.91 Å². The Morgan fingerprint density at radius 2 is 1.61 bits per heavy atom. The number of anilines is 1. The van der Waals surface area contributed by atoms with Gasteiger partial charge in [0, 0.05) is 5.02 Å². The molecule has 0 atom stereocenters. The molecule has 0 spiro atoms. The first-order valence-corrected chi connectivity index (χ1v) is 8.15. The van der Waals surface area contributed by atoms with E-state index < -0.39 is 44.6 Å². The molecule has 9 heteroatoms. The number of rotatable bonds is 4. The van der Waals surface area contributed by atoms with Crippen molar-refractivity contribution < 1.29 is 26.4 Å². The predicted octanol–water partition coefficient (Wildman–Crippen LogP) is 3.17. The Morgan fingerprint density at radius 1 is 1.00 bits per heavy atom. The van der Waals surface area contributed by atoms with Crippen molar-refractivity contribution >= 4 is 33.0 Å². The van der Waals surface area contributed by atoms with Gasteiger partial charge in [0.05, 0.1) is 10.6 Å². The third-order valence-electron chi connectivity index (χ3n) is 2.80. The van der Waals surface area contributed by atoms with Crippen molar-refractivity contribution in [1.29, 1.82) is 0 Å².